The number of hydrogen-bond donors (Lipinski definition) is 2. The molecule has 3 unspecified atom stereocenters. The molecule has 0 amide bonds. The zero-order valence-electron chi connectivity index (χ0n) is 15.9. The fraction of sp³-hybridized carbons (Fsp3) is 0.632. The Morgan fingerprint density at radius 2 is 2.15 bits per heavy atom. The lowest BCUT2D eigenvalue weighted by atomic mass is 9.57. The molecule has 0 radical (unpaired) electrons. The lowest BCUT2D eigenvalue weighted by Crippen LogP contribution is -2.68. The number of halogens is 3. The van der Waals surface area contributed by atoms with Crippen LogP contribution in [-0.4, -0.2) is 44.4 Å². The molecular weight excluding hydrogens is 467 g/mol. The quantitative estimate of drug-likeness (QED) is 0.275. The molecule has 1 heterocycles. The first-order valence-corrected chi connectivity index (χ1v) is 9.17. The highest BCUT2D eigenvalue weighted by molar-refractivity contribution is 14.0. The first-order chi connectivity index (χ1) is 12.4. The van der Waals surface area contributed by atoms with Crippen LogP contribution in [0.3, 0.4) is 0 Å². The zero-order chi connectivity index (χ0) is 18.7. The van der Waals surface area contributed by atoms with Gasteiger partial charge in [0.05, 0.1) is 12.6 Å². The number of fused-ring (bicyclic) bond motifs is 1. The largest absolute Gasteiger partial charge is 0.489 e. The standard InChI is InChI=1S/C19H27F2N3O2.HI/c1-4-22-18(24-16-13-7-9-26-17(13)19(16,2)3)23-8-10-25-15-6-5-12(20)11-14(15)21;/h5-6,11,13,16-17H,4,7-10H2,1-3H3,(H2,22,23,24);1H. The van der Waals surface area contributed by atoms with Crippen molar-refractivity contribution in [3.05, 3.63) is 29.8 Å². The van der Waals surface area contributed by atoms with E-state index in [1.807, 2.05) is 6.92 Å². The van der Waals surface area contributed by atoms with Gasteiger partial charge in [0.1, 0.15) is 12.4 Å². The van der Waals surface area contributed by atoms with Gasteiger partial charge in [-0.05, 0) is 25.5 Å². The van der Waals surface area contributed by atoms with Crippen LogP contribution in [0, 0.1) is 23.0 Å². The van der Waals surface area contributed by atoms with Crippen molar-refractivity contribution in [1.82, 2.24) is 10.6 Å². The van der Waals surface area contributed by atoms with Gasteiger partial charge < -0.3 is 20.1 Å². The minimum Gasteiger partial charge on any atom is -0.489 e. The molecule has 0 bridgehead atoms. The van der Waals surface area contributed by atoms with Crippen LogP contribution in [0.15, 0.2) is 23.2 Å². The normalized spacial score (nSPS) is 25.8. The first-order valence-electron chi connectivity index (χ1n) is 9.17. The number of nitrogens with one attached hydrogen (secondary N) is 2. The summed E-state index contributed by atoms with van der Waals surface area (Å²) in [5.41, 5.74) is 0.0606. The Balaban J connectivity index is 0.00000261. The highest BCUT2D eigenvalue weighted by Gasteiger charge is 2.59. The second-order valence-corrected chi connectivity index (χ2v) is 7.37. The van der Waals surface area contributed by atoms with Crippen LogP contribution in [0.4, 0.5) is 8.78 Å². The minimum absolute atomic E-state index is 0. The summed E-state index contributed by atoms with van der Waals surface area (Å²) in [6.45, 7) is 8.57. The van der Waals surface area contributed by atoms with Crippen molar-refractivity contribution in [3.63, 3.8) is 0 Å². The molecule has 1 aliphatic carbocycles. The summed E-state index contributed by atoms with van der Waals surface area (Å²) >= 11 is 0. The summed E-state index contributed by atoms with van der Waals surface area (Å²) in [4.78, 5) is 4.51. The Kier molecular flexibility index (Phi) is 7.67. The van der Waals surface area contributed by atoms with E-state index in [2.05, 4.69) is 29.5 Å². The number of guanidine groups is 1. The molecule has 152 valence electrons. The highest BCUT2D eigenvalue weighted by atomic mass is 127. The van der Waals surface area contributed by atoms with E-state index >= 15 is 0 Å². The van der Waals surface area contributed by atoms with Gasteiger partial charge in [-0.1, -0.05) is 13.8 Å². The number of benzene rings is 1. The summed E-state index contributed by atoms with van der Waals surface area (Å²) in [6.07, 6.45) is 1.38. The Hall–Kier alpha value is -1.16. The molecule has 1 aliphatic heterocycles. The number of ether oxygens (including phenoxy) is 2. The minimum atomic E-state index is -0.706. The molecule has 1 aromatic carbocycles. The summed E-state index contributed by atoms with van der Waals surface area (Å²) in [5, 5.41) is 6.75. The van der Waals surface area contributed by atoms with Crippen molar-refractivity contribution < 1.29 is 18.3 Å². The van der Waals surface area contributed by atoms with Gasteiger partial charge in [-0.15, -0.1) is 24.0 Å². The van der Waals surface area contributed by atoms with E-state index < -0.39 is 11.6 Å². The van der Waals surface area contributed by atoms with Gasteiger partial charge in [-0.2, -0.15) is 0 Å². The Labute approximate surface area is 176 Å². The molecule has 0 spiro atoms. The number of hydrogen-bond acceptors (Lipinski definition) is 3. The summed E-state index contributed by atoms with van der Waals surface area (Å²) in [6, 6.07) is 3.58. The second kappa shape index (κ2) is 9.36. The molecule has 2 N–H and O–H groups in total. The lowest BCUT2D eigenvalue weighted by Gasteiger charge is -2.54. The molecule has 2 aliphatic rings. The van der Waals surface area contributed by atoms with Crippen LogP contribution in [-0.2, 0) is 4.74 Å². The van der Waals surface area contributed by atoms with Gasteiger partial charge in [-0.3, -0.25) is 0 Å². The van der Waals surface area contributed by atoms with Crippen molar-refractivity contribution in [2.75, 3.05) is 26.3 Å². The van der Waals surface area contributed by atoms with Crippen LogP contribution in [0.2, 0.25) is 0 Å². The molecular formula is C19H28F2IN3O2. The van der Waals surface area contributed by atoms with Crippen molar-refractivity contribution in [2.24, 2.45) is 16.3 Å². The number of nitrogens with zero attached hydrogens (tertiary/aromatic N) is 1. The number of aliphatic imine (C=N–C) groups is 1. The zero-order valence-corrected chi connectivity index (χ0v) is 18.3. The fourth-order valence-corrected chi connectivity index (χ4v) is 3.99. The van der Waals surface area contributed by atoms with E-state index in [4.69, 9.17) is 9.47 Å². The first kappa shape index (κ1) is 22.1. The van der Waals surface area contributed by atoms with Crippen molar-refractivity contribution in [3.8, 4) is 5.75 Å². The van der Waals surface area contributed by atoms with E-state index in [0.717, 1.165) is 31.6 Å². The topological polar surface area (TPSA) is 54.9 Å². The molecule has 0 aromatic heterocycles. The molecule has 1 saturated carbocycles. The van der Waals surface area contributed by atoms with E-state index in [0.29, 0.717) is 24.6 Å². The van der Waals surface area contributed by atoms with Crippen molar-refractivity contribution >= 4 is 29.9 Å². The average Bonchev–Trinajstić information content (AvgIpc) is 3.05. The predicted molar refractivity (Wildman–Crippen MR) is 112 cm³/mol. The second-order valence-electron chi connectivity index (χ2n) is 7.37. The molecule has 3 rings (SSSR count). The molecule has 3 atom stereocenters. The number of rotatable bonds is 6. The van der Waals surface area contributed by atoms with Crippen molar-refractivity contribution in [1.29, 1.82) is 0 Å². The van der Waals surface area contributed by atoms with E-state index in [1.165, 1.54) is 12.1 Å². The molecule has 5 nitrogen and oxygen atoms in total. The van der Waals surface area contributed by atoms with E-state index in [-0.39, 0.29) is 41.7 Å². The maximum absolute atomic E-state index is 13.6. The summed E-state index contributed by atoms with van der Waals surface area (Å²) < 4.78 is 37.6. The van der Waals surface area contributed by atoms with Crippen LogP contribution >= 0.6 is 24.0 Å². The van der Waals surface area contributed by atoms with Gasteiger partial charge in [0.15, 0.2) is 17.5 Å². The average molecular weight is 495 g/mol. The van der Waals surface area contributed by atoms with Gasteiger partial charge >= 0.3 is 0 Å². The van der Waals surface area contributed by atoms with Gasteiger partial charge in [0, 0.05) is 36.6 Å². The van der Waals surface area contributed by atoms with Gasteiger partial charge in [0.2, 0.25) is 0 Å². The highest BCUT2D eigenvalue weighted by Crippen LogP contribution is 2.52. The van der Waals surface area contributed by atoms with E-state index in [9.17, 15) is 8.78 Å². The molecule has 27 heavy (non-hydrogen) atoms. The van der Waals surface area contributed by atoms with Crippen LogP contribution in [0.5, 0.6) is 5.75 Å². The maximum Gasteiger partial charge on any atom is 0.191 e. The smallest absolute Gasteiger partial charge is 0.191 e. The Bertz CT molecular complexity index is 672. The van der Waals surface area contributed by atoms with Crippen LogP contribution in [0.1, 0.15) is 27.2 Å². The Morgan fingerprint density at radius 1 is 1.37 bits per heavy atom. The molecule has 1 saturated heterocycles. The SMILES string of the molecule is CCNC(=NCCOc1ccc(F)cc1F)NC1C2CCOC2C1(C)C.I. The monoisotopic (exact) mass is 495 g/mol. The van der Waals surface area contributed by atoms with Crippen molar-refractivity contribution in [2.45, 2.75) is 39.3 Å². The fourth-order valence-electron chi connectivity index (χ4n) is 3.99. The van der Waals surface area contributed by atoms with Gasteiger partial charge in [-0.25, -0.2) is 13.8 Å². The summed E-state index contributed by atoms with van der Waals surface area (Å²) in [7, 11) is 0. The maximum atomic E-state index is 13.6. The third-order valence-electron chi connectivity index (χ3n) is 5.25. The van der Waals surface area contributed by atoms with Gasteiger partial charge in [0.25, 0.3) is 0 Å². The molecule has 2 fully saturated rings. The summed E-state index contributed by atoms with van der Waals surface area (Å²) in [5.74, 6) is -0.0607. The lowest BCUT2D eigenvalue weighted by molar-refractivity contribution is -0.106. The van der Waals surface area contributed by atoms with Crippen LogP contribution in [0.25, 0.3) is 0 Å². The Morgan fingerprint density at radius 3 is 2.85 bits per heavy atom. The third-order valence-corrected chi connectivity index (χ3v) is 5.25. The third kappa shape index (κ3) is 4.82. The predicted octanol–water partition coefficient (Wildman–Crippen LogP) is 3.33. The molecule has 1 aromatic rings. The van der Waals surface area contributed by atoms with Crippen LogP contribution < -0.4 is 15.4 Å². The van der Waals surface area contributed by atoms with E-state index in [1.54, 1.807) is 0 Å². The molecule has 8 heteroatoms.